The van der Waals surface area contributed by atoms with Gasteiger partial charge in [0.1, 0.15) is 0 Å². The molecule has 0 saturated carbocycles. The van der Waals surface area contributed by atoms with Crippen molar-refractivity contribution in [2.45, 2.75) is 6.42 Å². The summed E-state index contributed by atoms with van der Waals surface area (Å²) >= 11 is 0. The predicted molar refractivity (Wildman–Crippen MR) is 85.8 cm³/mol. The second kappa shape index (κ2) is 5.39. The third-order valence-electron chi connectivity index (χ3n) is 3.70. The van der Waals surface area contributed by atoms with Crippen molar-refractivity contribution in [3.8, 4) is 22.9 Å². The van der Waals surface area contributed by atoms with Crippen LogP contribution >= 0.6 is 0 Å². The molecule has 4 aromatic rings. The van der Waals surface area contributed by atoms with Gasteiger partial charge in [-0.3, -0.25) is 0 Å². The molecule has 0 aliphatic rings. The lowest BCUT2D eigenvalue weighted by Gasteiger charge is -2.02. The third-order valence-corrected chi connectivity index (χ3v) is 3.70. The molecule has 4 rings (SSSR count). The molecule has 0 aliphatic carbocycles. The van der Waals surface area contributed by atoms with Crippen molar-refractivity contribution in [1.82, 2.24) is 24.7 Å². The number of hydrogen-bond acceptors (Lipinski definition) is 4. The Kier molecular flexibility index (Phi) is 3.10. The van der Waals surface area contributed by atoms with Crippen LogP contribution in [0, 0.1) is 11.3 Å². The average molecular weight is 300 g/mol. The number of nitrogens with one attached hydrogen (secondary N) is 1. The molecule has 0 bridgehead atoms. The molecule has 0 fully saturated rings. The maximum atomic E-state index is 8.72. The Labute approximate surface area is 132 Å². The van der Waals surface area contributed by atoms with Gasteiger partial charge in [0.15, 0.2) is 5.65 Å². The number of nitriles is 1. The molecule has 0 radical (unpaired) electrons. The van der Waals surface area contributed by atoms with E-state index < -0.39 is 0 Å². The zero-order valence-electron chi connectivity index (χ0n) is 12.1. The molecule has 1 aromatic carbocycles. The summed E-state index contributed by atoms with van der Waals surface area (Å²) in [4.78, 5) is 11.5. The van der Waals surface area contributed by atoms with Crippen molar-refractivity contribution in [2.75, 3.05) is 0 Å². The van der Waals surface area contributed by atoms with E-state index in [-0.39, 0.29) is 0 Å². The van der Waals surface area contributed by atoms with Crippen molar-refractivity contribution in [2.24, 2.45) is 0 Å². The molecule has 6 nitrogen and oxygen atoms in total. The summed E-state index contributed by atoms with van der Waals surface area (Å²) in [6.07, 6.45) is 7.58. The van der Waals surface area contributed by atoms with E-state index in [1.54, 1.807) is 12.5 Å². The fraction of sp³-hybridized carbons (Fsp3) is 0.0588. The average Bonchev–Trinajstić information content (AvgIpc) is 3.25. The molecule has 0 atom stereocenters. The molecular weight excluding hydrogens is 288 g/mol. The van der Waals surface area contributed by atoms with E-state index in [2.05, 4.69) is 26.1 Å². The molecule has 23 heavy (non-hydrogen) atoms. The summed E-state index contributed by atoms with van der Waals surface area (Å²) in [6.45, 7) is 0. The first-order valence-corrected chi connectivity index (χ1v) is 7.14. The summed E-state index contributed by atoms with van der Waals surface area (Å²) in [7, 11) is 0. The number of imidazole rings is 1. The molecule has 3 heterocycles. The van der Waals surface area contributed by atoms with Gasteiger partial charge in [0, 0.05) is 23.5 Å². The number of aromatic nitrogens is 5. The maximum Gasteiger partial charge on any atom is 0.178 e. The normalized spacial score (nSPS) is 10.7. The minimum absolute atomic E-state index is 0.416. The Balaban J connectivity index is 1.72. The highest BCUT2D eigenvalue weighted by Gasteiger charge is 2.09. The fourth-order valence-electron chi connectivity index (χ4n) is 2.55. The summed E-state index contributed by atoms with van der Waals surface area (Å²) in [6, 6.07) is 11.9. The minimum Gasteiger partial charge on any atom is -0.343 e. The number of pyridine rings is 1. The molecule has 0 spiro atoms. The molecule has 3 aromatic heterocycles. The second-order valence-corrected chi connectivity index (χ2v) is 5.13. The Morgan fingerprint density at radius 1 is 1.13 bits per heavy atom. The first-order chi connectivity index (χ1) is 11.3. The number of aromatic amines is 1. The topological polar surface area (TPSA) is 83.2 Å². The van der Waals surface area contributed by atoms with E-state index in [0.29, 0.717) is 12.1 Å². The van der Waals surface area contributed by atoms with E-state index in [4.69, 9.17) is 5.26 Å². The van der Waals surface area contributed by atoms with Gasteiger partial charge >= 0.3 is 0 Å². The van der Waals surface area contributed by atoms with Crippen LogP contribution in [0.5, 0.6) is 0 Å². The molecule has 0 saturated heterocycles. The van der Waals surface area contributed by atoms with E-state index >= 15 is 0 Å². The standard InChI is InChI=1S/C17H12N6/c18-7-5-12-1-3-14(4-2-12)23-10-13(9-22-23)15-6-8-19-17-16(15)20-11-21-17/h1-4,6,8-11H,5H2,(H,19,20,21). The Morgan fingerprint density at radius 3 is 2.83 bits per heavy atom. The third kappa shape index (κ3) is 2.34. The number of rotatable bonds is 3. The van der Waals surface area contributed by atoms with E-state index in [1.165, 1.54) is 0 Å². The van der Waals surface area contributed by atoms with Crippen LogP contribution in [0.15, 0.2) is 55.2 Å². The highest BCUT2D eigenvalue weighted by atomic mass is 15.3. The molecule has 0 amide bonds. The number of benzene rings is 1. The molecule has 0 aliphatic heterocycles. The summed E-state index contributed by atoms with van der Waals surface area (Å²) < 4.78 is 1.81. The zero-order chi connectivity index (χ0) is 15.6. The van der Waals surface area contributed by atoms with Crippen LogP contribution in [0.2, 0.25) is 0 Å². The van der Waals surface area contributed by atoms with Gasteiger partial charge in [-0.1, -0.05) is 12.1 Å². The van der Waals surface area contributed by atoms with Gasteiger partial charge < -0.3 is 4.98 Å². The highest BCUT2D eigenvalue weighted by molar-refractivity contribution is 5.88. The van der Waals surface area contributed by atoms with Crippen LogP contribution in [-0.2, 0) is 6.42 Å². The highest BCUT2D eigenvalue weighted by Crippen LogP contribution is 2.25. The summed E-state index contributed by atoms with van der Waals surface area (Å²) in [5, 5.41) is 13.2. The number of H-pyrrole nitrogens is 1. The predicted octanol–water partition coefficient (Wildman–Crippen LogP) is 2.88. The molecule has 6 heteroatoms. The molecule has 1 N–H and O–H groups in total. The first kappa shape index (κ1) is 13.2. The second-order valence-electron chi connectivity index (χ2n) is 5.13. The van der Waals surface area contributed by atoms with Gasteiger partial charge in [-0.2, -0.15) is 10.4 Å². The maximum absolute atomic E-state index is 8.72. The van der Waals surface area contributed by atoms with Crippen molar-refractivity contribution in [3.05, 3.63) is 60.8 Å². The van der Waals surface area contributed by atoms with E-state index in [1.807, 2.05) is 47.4 Å². The van der Waals surface area contributed by atoms with Gasteiger partial charge in [0.25, 0.3) is 0 Å². The quantitative estimate of drug-likeness (QED) is 0.630. The monoisotopic (exact) mass is 300 g/mol. The molecule has 110 valence electrons. The Bertz CT molecular complexity index is 1000. The van der Waals surface area contributed by atoms with E-state index in [0.717, 1.165) is 27.9 Å². The lowest BCUT2D eigenvalue weighted by atomic mass is 10.1. The largest absolute Gasteiger partial charge is 0.343 e. The summed E-state index contributed by atoms with van der Waals surface area (Å²) in [5.41, 5.74) is 5.54. The first-order valence-electron chi connectivity index (χ1n) is 7.14. The van der Waals surface area contributed by atoms with Gasteiger partial charge in [0.2, 0.25) is 0 Å². The number of nitrogens with zero attached hydrogens (tertiary/aromatic N) is 5. The van der Waals surface area contributed by atoms with Gasteiger partial charge in [-0.15, -0.1) is 0 Å². The van der Waals surface area contributed by atoms with Crippen molar-refractivity contribution in [1.29, 1.82) is 5.26 Å². The lowest BCUT2D eigenvalue weighted by Crippen LogP contribution is -1.94. The SMILES string of the molecule is N#CCc1ccc(-n2cc(-c3ccnc4nc[nH]c34)cn2)cc1. The molecular formula is C17H12N6. The van der Waals surface area contributed by atoms with Crippen LogP contribution in [-0.4, -0.2) is 24.7 Å². The Hall–Kier alpha value is -3.46. The number of fused-ring (bicyclic) bond motifs is 1. The molecule has 0 unspecified atom stereocenters. The Morgan fingerprint density at radius 2 is 2.00 bits per heavy atom. The zero-order valence-corrected chi connectivity index (χ0v) is 12.1. The van der Waals surface area contributed by atoms with Gasteiger partial charge in [0.05, 0.1) is 36.2 Å². The van der Waals surface area contributed by atoms with Crippen LogP contribution in [0.25, 0.3) is 28.0 Å². The summed E-state index contributed by atoms with van der Waals surface area (Å²) in [5.74, 6) is 0. The van der Waals surface area contributed by atoms with Crippen molar-refractivity contribution >= 4 is 11.2 Å². The lowest BCUT2D eigenvalue weighted by molar-refractivity contribution is 0.880. The van der Waals surface area contributed by atoms with Crippen molar-refractivity contribution < 1.29 is 0 Å². The van der Waals surface area contributed by atoms with Crippen LogP contribution < -0.4 is 0 Å². The van der Waals surface area contributed by atoms with Gasteiger partial charge in [-0.05, 0) is 23.8 Å². The minimum atomic E-state index is 0.416. The van der Waals surface area contributed by atoms with Gasteiger partial charge in [-0.25, -0.2) is 14.6 Å². The van der Waals surface area contributed by atoms with Crippen LogP contribution in [0.3, 0.4) is 0 Å². The number of hydrogen-bond donors (Lipinski definition) is 1. The van der Waals surface area contributed by atoms with Crippen LogP contribution in [0.1, 0.15) is 5.56 Å². The van der Waals surface area contributed by atoms with Crippen LogP contribution in [0.4, 0.5) is 0 Å². The van der Waals surface area contributed by atoms with Crippen molar-refractivity contribution in [3.63, 3.8) is 0 Å². The smallest absolute Gasteiger partial charge is 0.178 e. The fourth-order valence-corrected chi connectivity index (χ4v) is 2.55. The van der Waals surface area contributed by atoms with E-state index in [9.17, 15) is 0 Å².